The summed E-state index contributed by atoms with van der Waals surface area (Å²) in [6, 6.07) is 7.47. The average Bonchev–Trinajstić information content (AvgIpc) is 2.52. The highest BCUT2D eigenvalue weighted by atomic mass is 16.5. The molecule has 0 unspecified atom stereocenters. The van der Waals surface area contributed by atoms with Crippen LogP contribution in [-0.4, -0.2) is 31.3 Å². The van der Waals surface area contributed by atoms with Gasteiger partial charge in [0.05, 0.1) is 21.3 Å². The number of anilines is 1. The summed E-state index contributed by atoms with van der Waals surface area (Å²) >= 11 is 0. The molecule has 0 amide bonds. The first-order valence-corrected chi connectivity index (χ1v) is 6.08. The minimum atomic E-state index is 0.514. The Morgan fingerprint density at radius 1 is 1.05 bits per heavy atom. The topological polar surface area (TPSA) is 65.5 Å². The summed E-state index contributed by atoms with van der Waals surface area (Å²) in [6.45, 7) is 0.556. The van der Waals surface area contributed by atoms with Crippen molar-refractivity contribution >= 4 is 5.82 Å². The zero-order valence-corrected chi connectivity index (χ0v) is 11.7. The van der Waals surface area contributed by atoms with Crippen molar-refractivity contribution < 1.29 is 14.2 Å². The van der Waals surface area contributed by atoms with E-state index in [4.69, 9.17) is 14.2 Å². The Balaban J connectivity index is 2.14. The molecule has 106 valence electrons. The summed E-state index contributed by atoms with van der Waals surface area (Å²) in [7, 11) is 4.80. The Kier molecular flexibility index (Phi) is 4.60. The zero-order chi connectivity index (χ0) is 14.4. The van der Waals surface area contributed by atoms with E-state index in [1.54, 1.807) is 27.4 Å². The van der Waals surface area contributed by atoms with Gasteiger partial charge in [0.1, 0.15) is 12.1 Å². The summed E-state index contributed by atoms with van der Waals surface area (Å²) in [5, 5.41) is 3.20. The van der Waals surface area contributed by atoms with E-state index in [0.29, 0.717) is 29.7 Å². The first-order valence-electron chi connectivity index (χ1n) is 6.08. The van der Waals surface area contributed by atoms with Crippen LogP contribution in [0.3, 0.4) is 0 Å². The van der Waals surface area contributed by atoms with Gasteiger partial charge in [0.25, 0.3) is 0 Å². The number of ether oxygens (including phenoxy) is 3. The van der Waals surface area contributed by atoms with E-state index in [1.165, 1.54) is 6.33 Å². The van der Waals surface area contributed by atoms with Gasteiger partial charge in [-0.3, -0.25) is 0 Å². The molecule has 0 aliphatic carbocycles. The standard InChI is InChI=1S/C14H17N3O3/c1-18-11-6-4-5-10(14(11)20-3)8-15-12-7-13(19-2)17-9-16-12/h4-7,9H,8H2,1-3H3,(H,15,16,17). The number of hydrogen-bond donors (Lipinski definition) is 1. The van der Waals surface area contributed by atoms with Crippen molar-refractivity contribution in [1.29, 1.82) is 0 Å². The lowest BCUT2D eigenvalue weighted by Gasteiger charge is -2.13. The fraction of sp³-hybridized carbons (Fsp3) is 0.286. The molecule has 1 aromatic carbocycles. The van der Waals surface area contributed by atoms with Crippen molar-refractivity contribution in [3.8, 4) is 17.4 Å². The van der Waals surface area contributed by atoms with Gasteiger partial charge in [0.2, 0.25) is 5.88 Å². The number of nitrogens with one attached hydrogen (secondary N) is 1. The van der Waals surface area contributed by atoms with E-state index in [1.807, 2.05) is 18.2 Å². The molecule has 0 spiro atoms. The van der Waals surface area contributed by atoms with Gasteiger partial charge >= 0.3 is 0 Å². The van der Waals surface area contributed by atoms with E-state index in [9.17, 15) is 0 Å². The van der Waals surface area contributed by atoms with Crippen molar-refractivity contribution in [3.05, 3.63) is 36.2 Å². The van der Waals surface area contributed by atoms with Gasteiger partial charge in [-0.05, 0) is 6.07 Å². The summed E-state index contributed by atoms with van der Waals surface area (Å²) in [5.41, 5.74) is 0.976. The Morgan fingerprint density at radius 2 is 1.90 bits per heavy atom. The number of benzene rings is 1. The van der Waals surface area contributed by atoms with Crippen LogP contribution in [0.25, 0.3) is 0 Å². The molecule has 20 heavy (non-hydrogen) atoms. The van der Waals surface area contributed by atoms with Gasteiger partial charge in [-0.1, -0.05) is 12.1 Å². The lowest BCUT2D eigenvalue weighted by Crippen LogP contribution is -2.04. The van der Waals surface area contributed by atoms with Gasteiger partial charge in [0.15, 0.2) is 11.5 Å². The molecule has 0 bridgehead atoms. The molecule has 0 aliphatic rings. The second-order valence-electron chi connectivity index (χ2n) is 3.95. The Morgan fingerprint density at radius 3 is 2.60 bits per heavy atom. The highest BCUT2D eigenvalue weighted by Crippen LogP contribution is 2.31. The van der Waals surface area contributed by atoms with E-state index in [0.717, 1.165) is 5.56 Å². The van der Waals surface area contributed by atoms with Crippen LogP contribution in [0.1, 0.15) is 5.56 Å². The van der Waals surface area contributed by atoms with Gasteiger partial charge in [-0.25, -0.2) is 9.97 Å². The third-order valence-electron chi connectivity index (χ3n) is 2.80. The van der Waals surface area contributed by atoms with Gasteiger partial charge in [-0.15, -0.1) is 0 Å². The minimum absolute atomic E-state index is 0.514. The van der Waals surface area contributed by atoms with E-state index < -0.39 is 0 Å². The molecule has 0 aliphatic heterocycles. The third kappa shape index (κ3) is 3.09. The van der Waals surface area contributed by atoms with Gasteiger partial charge < -0.3 is 19.5 Å². The van der Waals surface area contributed by atoms with Crippen molar-refractivity contribution in [2.24, 2.45) is 0 Å². The summed E-state index contributed by atoms with van der Waals surface area (Å²) in [6.07, 6.45) is 1.45. The highest BCUT2D eigenvalue weighted by Gasteiger charge is 2.09. The predicted molar refractivity (Wildman–Crippen MR) is 75.5 cm³/mol. The number of aromatic nitrogens is 2. The number of hydrogen-bond acceptors (Lipinski definition) is 6. The predicted octanol–water partition coefficient (Wildman–Crippen LogP) is 2.11. The van der Waals surface area contributed by atoms with Crippen molar-refractivity contribution in [2.45, 2.75) is 6.54 Å². The number of para-hydroxylation sites is 1. The monoisotopic (exact) mass is 275 g/mol. The first-order chi connectivity index (χ1) is 9.78. The second-order valence-corrected chi connectivity index (χ2v) is 3.95. The molecule has 0 saturated carbocycles. The molecule has 6 heteroatoms. The zero-order valence-electron chi connectivity index (χ0n) is 11.7. The summed E-state index contributed by atoms with van der Waals surface area (Å²) in [5.74, 6) is 2.61. The molecular formula is C14H17N3O3. The maximum Gasteiger partial charge on any atom is 0.218 e. The molecule has 0 atom stereocenters. The Hall–Kier alpha value is -2.50. The fourth-order valence-electron chi connectivity index (χ4n) is 1.83. The molecule has 6 nitrogen and oxygen atoms in total. The second kappa shape index (κ2) is 6.60. The molecule has 0 fully saturated rings. The fourth-order valence-corrected chi connectivity index (χ4v) is 1.83. The molecular weight excluding hydrogens is 258 g/mol. The van der Waals surface area contributed by atoms with Crippen LogP contribution in [0.4, 0.5) is 5.82 Å². The minimum Gasteiger partial charge on any atom is -0.493 e. The first kappa shape index (κ1) is 13.9. The van der Waals surface area contributed by atoms with Crippen LogP contribution in [0.2, 0.25) is 0 Å². The van der Waals surface area contributed by atoms with Crippen molar-refractivity contribution in [1.82, 2.24) is 9.97 Å². The summed E-state index contributed by atoms with van der Waals surface area (Å²) in [4.78, 5) is 8.08. The maximum absolute atomic E-state index is 5.38. The molecule has 1 aromatic heterocycles. The Labute approximate surface area is 117 Å². The largest absolute Gasteiger partial charge is 0.493 e. The molecule has 2 rings (SSSR count). The van der Waals surface area contributed by atoms with E-state index >= 15 is 0 Å². The number of rotatable bonds is 6. The van der Waals surface area contributed by atoms with Crippen LogP contribution >= 0.6 is 0 Å². The quantitative estimate of drug-likeness (QED) is 0.871. The van der Waals surface area contributed by atoms with Crippen molar-refractivity contribution in [2.75, 3.05) is 26.6 Å². The molecule has 1 N–H and O–H groups in total. The SMILES string of the molecule is COc1cc(NCc2cccc(OC)c2OC)ncn1. The Bertz CT molecular complexity index is 575. The molecule has 1 heterocycles. The maximum atomic E-state index is 5.38. The van der Waals surface area contributed by atoms with E-state index in [-0.39, 0.29) is 0 Å². The summed E-state index contributed by atoms with van der Waals surface area (Å²) < 4.78 is 15.7. The number of methoxy groups -OCH3 is 3. The number of nitrogens with zero attached hydrogens (tertiary/aromatic N) is 2. The molecule has 2 aromatic rings. The van der Waals surface area contributed by atoms with Crippen LogP contribution in [0, 0.1) is 0 Å². The molecule has 0 saturated heterocycles. The lowest BCUT2D eigenvalue weighted by atomic mass is 10.2. The van der Waals surface area contributed by atoms with Gasteiger partial charge in [0, 0.05) is 18.2 Å². The smallest absolute Gasteiger partial charge is 0.218 e. The van der Waals surface area contributed by atoms with Crippen LogP contribution in [0.5, 0.6) is 17.4 Å². The average molecular weight is 275 g/mol. The highest BCUT2D eigenvalue weighted by molar-refractivity contribution is 5.48. The van der Waals surface area contributed by atoms with Crippen molar-refractivity contribution in [3.63, 3.8) is 0 Å². The third-order valence-corrected chi connectivity index (χ3v) is 2.80. The van der Waals surface area contributed by atoms with Crippen LogP contribution < -0.4 is 19.5 Å². The van der Waals surface area contributed by atoms with Gasteiger partial charge in [-0.2, -0.15) is 0 Å². The van der Waals surface area contributed by atoms with Crippen LogP contribution in [-0.2, 0) is 6.54 Å². The normalized spacial score (nSPS) is 9.95. The van der Waals surface area contributed by atoms with Crippen LogP contribution in [0.15, 0.2) is 30.6 Å². The molecule has 0 radical (unpaired) electrons. The van der Waals surface area contributed by atoms with E-state index in [2.05, 4.69) is 15.3 Å². The lowest BCUT2D eigenvalue weighted by molar-refractivity contribution is 0.352.